The minimum Gasteiger partial charge on any atom is -0.494 e. The van der Waals surface area contributed by atoms with Crippen LogP contribution in [0.5, 0.6) is 5.75 Å². The minimum absolute atomic E-state index is 0.0225. The molecular formula is C23H18FN5O4. The highest BCUT2D eigenvalue weighted by Gasteiger charge is 2.48. The fraction of sp³-hybridized carbons (Fsp3) is 0.130. The van der Waals surface area contributed by atoms with E-state index in [1.54, 1.807) is 36.5 Å². The van der Waals surface area contributed by atoms with Crippen molar-refractivity contribution in [2.24, 2.45) is 5.73 Å². The minimum atomic E-state index is -1.70. The van der Waals surface area contributed by atoms with Crippen molar-refractivity contribution in [3.05, 3.63) is 71.3 Å². The molecule has 5 rings (SSSR count). The van der Waals surface area contributed by atoms with E-state index in [1.165, 1.54) is 26.4 Å². The number of anilines is 1. The standard InChI is InChI=1S/C23H18FN5O4/c1-32-16-8-7-11(9-14(16)24)23(22(31)33-2)13-10-26-21-18(13)17(19(20(25)30)28-29-21)12-5-3-4-6-15(12)27-23/h3-10,27H,1-2H3,(H2,25,30)(H,26,29). The Balaban J connectivity index is 1.97. The molecule has 0 radical (unpaired) electrons. The van der Waals surface area contributed by atoms with Gasteiger partial charge in [0, 0.05) is 34.0 Å². The Kier molecular flexibility index (Phi) is 4.52. The average molecular weight is 447 g/mol. The van der Waals surface area contributed by atoms with Crippen LogP contribution in [0.1, 0.15) is 21.6 Å². The van der Waals surface area contributed by atoms with Crippen LogP contribution in [0.3, 0.4) is 0 Å². The second-order valence-corrected chi connectivity index (χ2v) is 7.48. The van der Waals surface area contributed by atoms with Crippen molar-refractivity contribution in [2.75, 3.05) is 19.5 Å². The van der Waals surface area contributed by atoms with E-state index >= 15 is 0 Å². The van der Waals surface area contributed by atoms with Gasteiger partial charge in [-0.1, -0.05) is 24.3 Å². The Morgan fingerprint density at radius 3 is 2.61 bits per heavy atom. The maximum Gasteiger partial charge on any atom is 0.341 e. The predicted molar refractivity (Wildman–Crippen MR) is 117 cm³/mol. The Labute approximate surface area is 186 Å². The number of nitrogens with two attached hydrogens (primary N) is 1. The molecule has 1 atom stereocenters. The van der Waals surface area contributed by atoms with Gasteiger partial charge in [-0.15, -0.1) is 10.2 Å². The van der Waals surface area contributed by atoms with Gasteiger partial charge in [0.25, 0.3) is 5.91 Å². The first-order valence-electron chi connectivity index (χ1n) is 9.90. The lowest BCUT2D eigenvalue weighted by Crippen LogP contribution is -2.45. The summed E-state index contributed by atoms with van der Waals surface area (Å²) >= 11 is 0. The smallest absolute Gasteiger partial charge is 0.341 e. The van der Waals surface area contributed by atoms with Gasteiger partial charge in [-0.2, -0.15) is 0 Å². The van der Waals surface area contributed by atoms with E-state index in [2.05, 4.69) is 20.5 Å². The second-order valence-electron chi connectivity index (χ2n) is 7.48. The van der Waals surface area contributed by atoms with Crippen molar-refractivity contribution in [3.8, 4) is 16.9 Å². The number of hydrogen-bond acceptors (Lipinski definition) is 7. The lowest BCUT2D eigenvalue weighted by molar-refractivity contribution is -0.144. The van der Waals surface area contributed by atoms with Crippen LogP contribution in [0.25, 0.3) is 22.2 Å². The largest absolute Gasteiger partial charge is 0.494 e. The van der Waals surface area contributed by atoms with Crippen LogP contribution in [-0.4, -0.2) is 41.3 Å². The van der Waals surface area contributed by atoms with Crippen LogP contribution in [0, 0.1) is 5.82 Å². The summed E-state index contributed by atoms with van der Waals surface area (Å²) in [5.74, 6) is -2.11. The van der Waals surface area contributed by atoms with E-state index < -0.39 is 23.2 Å². The molecule has 1 aliphatic heterocycles. The van der Waals surface area contributed by atoms with Gasteiger partial charge in [-0.25, -0.2) is 9.18 Å². The van der Waals surface area contributed by atoms with Gasteiger partial charge in [0.2, 0.25) is 0 Å². The molecule has 0 bridgehead atoms. The van der Waals surface area contributed by atoms with Crippen LogP contribution >= 0.6 is 0 Å². The van der Waals surface area contributed by atoms with E-state index in [-0.39, 0.29) is 17.0 Å². The molecule has 0 fully saturated rings. The maximum absolute atomic E-state index is 14.8. The van der Waals surface area contributed by atoms with E-state index in [9.17, 15) is 14.0 Å². The fourth-order valence-corrected chi connectivity index (χ4v) is 4.38. The molecule has 33 heavy (non-hydrogen) atoms. The molecule has 4 N–H and O–H groups in total. The number of para-hydroxylation sites is 1. The molecule has 10 heteroatoms. The number of ether oxygens (including phenoxy) is 2. The number of esters is 1. The molecule has 0 spiro atoms. The Hall–Kier alpha value is -4.47. The first-order valence-corrected chi connectivity index (χ1v) is 9.90. The van der Waals surface area contributed by atoms with Gasteiger partial charge in [0.1, 0.15) is 0 Å². The van der Waals surface area contributed by atoms with Gasteiger partial charge in [-0.3, -0.25) is 4.79 Å². The third-order valence-electron chi connectivity index (χ3n) is 5.83. The van der Waals surface area contributed by atoms with Crippen molar-refractivity contribution >= 4 is 28.6 Å². The predicted octanol–water partition coefficient (Wildman–Crippen LogP) is 2.71. The number of methoxy groups -OCH3 is 2. The van der Waals surface area contributed by atoms with Crippen LogP contribution in [0.15, 0.2) is 48.7 Å². The van der Waals surface area contributed by atoms with Crippen LogP contribution in [0.4, 0.5) is 10.1 Å². The molecule has 3 heterocycles. The number of aromatic amines is 1. The molecule has 0 aliphatic carbocycles. The number of hydrogen-bond donors (Lipinski definition) is 3. The SMILES string of the molecule is COC(=O)C1(c2ccc(OC)c(F)c2)Nc2ccccc2-c2c(C(N)=O)nnc3[nH]cc1c23. The first kappa shape index (κ1) is 20.4. The Morgan fingerprint density at radius 2 is 1.91 bits per heavy atom. The number of halogens is 1. The summed E-state index contributed by atoms with van der Waals surface area (Å²) in [7, 11) is 2.59. The van der Waals surface area contributed by atoms with E-state index in [1.807, 2.05) is 0 Å². The summed E-state index contributed by atoms with van der Waals surface area (Å²) in [4.78, 5) is 28.8. The van der Waals surface area contributed by atoms with Gasteiger partial charge < -0.3 is 25.5 Å². The molecule has 2 aromatic heterocycles. The molecule has 0 saturated heterocycles. The number of H-pyrrole nitrogens is 1. The molecule has 9 nitrogen and oxygen atoms in total. The summed E-state index contributed by atoms with van der Waals surface area (Å²) in [6.07, 6.45) is 1.56. The number of amides is 1. The number of rotatable bonds is 4. The topological polar surface area (TPSA) is 132 Å². The number of aromatic nitrogens is 3. The number of carbonyl (C=O) groups is 2. The summed E-state index contributed by atoms with van der Waals surface area (Å²) in [5, 5.41) is 11.8. The zero-order valence-corrected chi connectivity index (χ0v) is 17.6. The molecule has 166 valence electrons. The van der Waals surface area contributed by atoms with E-state index in [0.717, 1.165) is 0 Å². The van der Waals surface area contributed by atoms with Gasteiger partial charge in [0.05, 0.1) is 14.2 Å². The van der Waals surface area contributed by atoms with E-state index in [4.69, 9.17) is 15.2 Å². The molecule has 4 aromatic rings. The molecular weight excluding hydrogens is 429 g/mol. The van der Waals surface area contributed by atoms with Crippen molar-refractivity contribution in [2.45, 2.75) is 5.54 Å². The number of nitrogens with one attached hydrogen (secondary N) is 2. The zero-order valence-electron chi connectivity index (χ0n) is 17.6. The normalized spacial score (nSPS) is 16.5. The molecule has 0 saturated carbocycles. The van der Waals surface area contributed by atoms with Gasteiger partial charge in [0.15, 0.2) is 28.4 Å². The average Bonchev–Trinajstić information content (AvgIpc) is 3.20. The second kappa shape index (κ2) is 7.30. The van der Waals surface area contributed by atoms with Gasteiger partial charge in [-0.05, 0) is 23.8 Å². The Morgan fingerprint density at radius 1 is 1.12 bits per heavy atom. The lowest BCUT2D eigenvalue weighted by Gasteiger charge is -2.33. The van der Waals surface area contributed by atoms with Gasteiger partial charge >= 0.3 is 5.97 Å². The molecule has 2 aromatic carbocycles. The van der Waals surface area contributed by atoms with Crippen molar-refractivity contribution < 1.29 is 23.5 Å². The number of fused-ring (bicyclic) bond motifs is 2. The maximum atomic E-state index is 14.8. The highest BCUT2D eigenvalue weighted by molar-refractivity contribution is 6.12. The molecule has 1 aliphatic rings. The third kappa shape index (κ3) is 2.77. The zero-order chi connectivity index (χ0) is 23.3. The summed E-state index contributed by atoms with van der Waals surface area (Å²) < 4.78 is 25.1. The molecule has 1 unspecified atom stereocenters. The van der Waals surface area contributed by atoms with Crippen LogP contribution in [0.2, 0.25) is 0 Å². The monoisotopic (exact) mass is 447 g/mol. The van der Waals surface area contributed by atoms with Crippen molar-refractivity contribution in [1.29, 1.82) is 0 Å². The Bertz CT molecular complexity index is 1450. The fourth-order valence-electron chi connectivity index (χ4n) is 4.38. The van der Waals surface area contributed by atoms with Crippen LogP contribution < -0.4 is 15.8 Å². The quantitative estimate of drug-likeness (QED) is 0.410. The number of primary amides is 1. The van der Waals surface area contributed by atoms with Crippen LogP contribution in [-0.2, 0) is 15.1 Å². The van der Waals surface area contributed by atoms with E-state index in [0.29, 0.717) is 33.4 Å². The number of nitrogens with zero attached hydrogens (tertiary/aromatic N) is 2. The number of carbonyl (C=O) groups excluding carboxylic acids is 2. The highest BCUT2D eigenvalue weighted by atomic mass is 19.1. The van der Waals surface area contributed by atoms with Crippen molar-refractivity contribution in [3.63, 3.8) is 0 Å². The van der Waals surface area contributed by atoms with Crippen molar-refractivity contribution in [1.82, 2.24) is 15.2 Å². The highest BCUT2D eigenvalue weighted by Crippen LogP contribution is 2.48. The third-order valence-corrected chi connectivity index (χ3v) is 5.83. The number of benzene rings is 2. The summed E-state index contributed by atoms with van der Waals surface area (Å²) in [6, 6.07) is 11.3. The lowest BCUT2D eigenvalue weighted by atomic mass is 9.82. The molecule has 1 amide bonds. The first-order chi connectivity index (χ1) is 15.9. The summed E-state index contributed by atoms with van der Waals surface area (Å²) in [5.41, 5.74) is 6.30. The summed E-state index contributed by atoms with van der Waals surface area (Å²) in [6.45, 7) is 0.